The minimum Gasteiger partial charge on any atom is -0.409 e. The lowest BCUT2D eigenvalue weighted by Crippen LogP contribution is -2.29. The smallest absolute Gasteiger partial charge is 0.140 e. The Labute approximate surface area is 196 Å². The molecule has 4 aromatic heterocycles. The fraction of sp³-hybridized carbons (Fsp3) is 0.231. The molecule has 0 amide bonds. The maximum atomic E-state index is 6.23. The van der Waals surface area contributed by atoms with E-state index >= 15 is 0 Å². The predicted octanol–water partition coefficient (Wildman–Crippen LogP) is 5.18. The Morgan fingerprint density at radius 2 is 1.94 bits per heavy atom. The van der Waals surface area contributed by atoms with Crippen LogP contribution in [0.15, 0.2) is 78.7 Å². The summed E-state index contributed by atoms with van der Waals surface area (Å²) >= 11 is 1.74. The van der Waals surface area contributed by atoms with Gasteiger partial charge in [0.1, 0.15) is 12.1 Å². The highest BCUT2D eigenvalue weighted by Gasteiger charge is 2.16. The summed E-state index contributed by atoms with van der Waals surface area (Å²) in [5.74, 6) is 0. The maximum absolute atomic E-state index is 6.23. The Balaban J connectivity index is 1.25. The molecule has 6 nitrogen and oxygen atoms in total. The number of piperidine rings is 1. The van der Waals surface area contributed by atoms with E-state index in [0.29, 0.717) is 12.6 Å². The standard InChI is InChI=1S/C26H25N5OS/c1-2-5-23(26-6-3-13-33-26)19(4-1)18-32-31-12-9-24-25(31)14-20(15-28-24)21-16-29-30(17-21)22-7-10-27-11-8-22/h1-6,9,12-17,22,27H,7-8,10-11,18H2. The Kier molecular flexibility index (Phi) is 5.41. The highest BCUT2D eigenvalue weighted by atomic mass is 32.1. The molecule has 7 heteroatoms. The monoisotopic (exact) mass is 455 g/mol. The van der Waals surface area contributed by atoms with Gasteiger partial charge in [-0.3, -0.25) is 9.67 Å². The molecule has 0 atom stereocenters. The summed E-state index contributed by atoms with van der Waals surface area (Å²) in [6.07, 6.45) is 10.2. The third kappa shape index (κ3) is 4.05. The van der Waals surface area contributed by atoms with E-state index in [1.165, 1.54) is 10.4 Å². The molecular formula is C26H25N5OS. The van der Waals surface area contributed by atoms with Gasteiger partial charge in [-0.05, 0) is 55.1 Å². The highest BCUT2D eigenvalue weighted by molar-refractivity contribution is 7.13. The first-order valence-electron chi connectivity index (χ1n) is 11.3. The van der Waals surface area contributed by atoms with Gasteiger partial charge in [0, 0.05) is 40.2 Å². The van der Waals surface area contributed by atoms with Crippen LogP contribution in [0.1, 0.15) is 24.4 Å². The Bertz CT molecular complexity index is 1360. The number of aromatic nitrogens is 4. The molecule has 1 fully saturated rings. The SMILES string of the molecule is c1csc(-c2ccccc2COn2ccc3ncc(-c4cnn(C5CCNCC5)c4)cc32)c1. The van der Waals surface area contributed by atoms with Crippen LogP contribution in [0.5, 0.6) is 0 Å². The third-order valence-electron chi connectivity index (χ3n) is 6.28. The minimum atomic E-state index is 0.465. The van der Waals surface area contributed by atoms with E-state index < -0.39 is 0 Å². The first-order valence-corrected chi connectivity index (χ1v) is 12.2. The summed E-state index contributed by atoms with van der Waals surface area (Å²) in [6, 6.07) is 17.2. The number of nitrogens with one attached hydrogen (secondary N) is 1. The normalized spacial score (nSPS) is 14.7. The molecule has 1 saturated heterocycles. The van der Waals surface area contributed by atoms with Crippen LogP contribution in [0.2, 0.25) is 0 Å². The van der Waals surface area contributed by atoms with Crippen molar-refractivity contribution in [3.8, 4) is 21.6 Å². The van der Waals surface area contributed by atoms with E-state index in [0.717, 1.165) is 53.7 Å². The highest BCUT2D eigenvalue weighted by Crippen LogP contribution is 2.29. The van der Waals surface area contributed by atoms with Gasteiger partial charge >= 0.3 is 0 Å². The average Bonchev–Trinajstić information content (AvgIpc) is 3.64. The zero-order chi connectivity index (χ0) is 22.0. The van der Waals surface area contributed by atoms with Crippen molar-refractivity contribution < 1.29 is 4.84 Å². The van der Waals surface area contributed by atoms with Crippen molar-refractivity contribution in [1.29, 1.82) is 0 Å². The van der Waals surface area contributed by atoms with Gasteiger partial charge in [-0.2, -0.15) is 9.83 Å². The number of rotatable bonds is 6. The quantitative estimate of drug-likeness (QED) is 0.383. The Morgan fingerprint density at radius 1 is 1.03 bits per heavy atom. The second-order valence-electron chi connectivity index (χ2n) is 8.37. The van der Waals surface area contributed by atoms with Crippen LogP contribution < -0.4 is 10.2 Å². The van der Waals surface area contributed by atoms with Gasteiger partial charge in [0.25, 0.3) is 0 Å². The van der Waals surface area contributed by atoms with Crippen molar-refractivity contribution in [3.05, 3.63) is 84.3 Å². The maximum Gasteiger partial charge on any atom is 0.140 e. The number of pyridine rings is 1. The van der Waals surface area contributed by atoms with E-state index in [-0.39, 0.29) is 0 Å². The van der Waals surface area contributed by atoms with Crippen molar-refractivity contribution in [2.45, 2.75) is 25.5 Å². The van der Waals surface area contributed by atoms with Gasteiger partial charge in [0.15, 0.2) is 0 Å². The van der Waals surface area contributed by atoms with Gasteiger partial charge < -0.3 is 10.2 Å². The molecule has 0 aliphatic carbocycles. The van der Waals surface area contributed by atoms with Crippen molar-refractivity contribution in [1.82, 2.24) is 24.8 Å². The molecular weight excluding hydrogens is 430 g/mol. The van der Waals surface area contributed by atoms with E-state index in [1.54, 1.807) is 11.3 Å². The molecule has 0 radical (unpaired) electrons. The molecule has 5 aromatic rings. The van der Waals surface area contributed by atoms with Gasteiger partial charge in [-0.1, -0.05) is 30.3 Å². The minimum absolute atomic E-state index is 0.465. The average molecular weight is 456 g/mol. The van der Waals surface area contributed by atoms with Crippen molar-refractivity contribution in [2.24, 2.45) is 0 Å². The summed E-state index contributed by atoms with van der Waals surface area (Å²) in [5, 5.41) is 10.2. The Hall–Kier alpha value is -3.42. The largest absolute Gasteiger partial charge is 0.409 e. The van der Waals surface area contributed by atoms with E-state index in [4.69, 9.17) is 4.84 Å². The molecule has 166 valence electrons. The zero-order valence-electron chi connectivity index (χ0n) is 18.2. The molecule has 1 aromatic carbocycles. The van der Waals surface area contributed by atoms with Crippen LogP contribution in [0.3, 0.4) is 0 Å². The summed E-state index contributed by atoms with van der Waals surface area (Å²) in [7, 11) is 0. The lowest BCUT2D eigenvalue weighted by atomic mass is 10.1. The van der Waals surface area contributed by atoms with Crippen molar-refractivity contribution in [3.63, 3.8) is 0 Å². The molecule has 0 bridgehead atoms. The van der Waals surface area contributed by atoms with Crippen LogP contribution in [0.25, 0.3) is 32.6 Å². The lowest BCUT2D eigenvalue weighted by Gasteiger charge is -2.22. The molecule has 5 heterocycles. The lowest BCUT2D eigenvalue weighted by molar-refractivity contribution is 0.108. The third-order valence-corrected chi connectivity index (χ3v) is 7.19. The van der Waals surface area contributed by atoms with Crippen LogP contribution in [-0.2, 0) is 6.61 Å². The molecule has 33 heavy (non-hydrogen) atoms. The Morgan fingerprint density at radius 3 is 2.82 bits per heavy atom. The molecule has 0 spiro atoms. The number of fused-ring (bicyclic) bond motifs is 1. The van der Waals surface area contributed by atoms with Crippen LogP contribution in [-0.4, -0.2) is 32.6 Å². The zero-order valence-corrected chi connectivity index (χ0v) is 19.0. The number of hydrogen-bond donors (Lipinski definition) is 1. The first-order chi connectivity index (χ1) is 16.3. The summed E-state index contributed by atoms with van der Waals surface area (Å²) in [4.78, 5) is 12.1. The molecule has 6 rings (SSSR count). The van der Waals surface area contributed by atoms with Gasteiger partial charge in [-0.15, -0.1) is 11.3 Å². The number of benzene rings is 1. The summed E-state index contributed by atoms with van der Waals surface area (Å²) in [5.41, 5.74) is 6.37. The fourth-order valence-electron chi connectivity index (χ4n) is 4.47. The van der Waals surface area contributed by atoms with E-state index in [1.807, 2.05) is 29.4 Å². The molecule has 1 aliphatic rings. The number of hydrogen-bond acceptors (Lipinski definition) is 5. The first kappa shape index (κ1) is 20.2. The summed E-state index contributed by atoms with van der Waals surface area (Å²) in [6.45, 7) is 2.58. The van der Waals surface area contributed by atoms with E-state index in [9.17, 15) is 0 Å². The fourth-order valence-corrected chi connectivity index (χ4v) is 5.26. The topological polar surface area (TPSA) is 56.9 Å². The van der Waals surface area contributed by atoms with Crippen molar-refractivity contribution in [2.75, 3.05) is 13.1 Å². The second kappa shape index (κ2) is 8.84. The number of nitrogens with zero attached hydrogens (tertiary/aromatic N) is 4. The second-order valence-corrected chi connectivity index (χ2v) is 9.32. The number of thiophene rings is 1. The predicted molar refractivity (Wildman–Crippen MR) is 132 cm³/mol. The van der Waals surface area contributed by atoms with Crippen molar-refractivity contribution >= 4 is 22.4 Å². The van der Waals surface area contributed by atoms with Crippen LogP contribution >= 0.6 is 11.3 Å². The molecule has 0 saturated carbocycles. The van der Waals surface area contributed by atoms with Gasteiger partial charge in [0.05, 0.1) is 17.8 Å². The molecule has 0 unspecified atom stereocenters. The van der Waals surface area contributed by atoms with Gasteiger partial charge in [0.2, 0.25) is 0 Å². The van der Waals surface area contributed by atoms with E-state index in [2.05, 4.69) is 74.1 Å². The van der Waals surface area contributed by atoms with Crippen LogP contribution in [0, 0.1) is 0 Å². The molecule has 1 N–H and O–H groups in total. The molecule has 1 aliphatic heterocycles. The van der Waals surface area contributed by atoms with Gasteiger partial charge in [-0.25, -0.2) is 0 Å². The van der Waals surface area contributed by atoms with Crippen LogP contribution in [0.4, 0.5) is 0 Å². The summed E-state index contributed by atoms with van der Waals surface area (Å²) < 4.78 is 3.94.